The molecule has 0 unspecified atom stereocenters. The number of methoxy groups -OCH3 is 2. The molecule has 0 N–H and O–H groups in total. The van der Waals surface area contributed by atoms with Crippen LogP contribution in [0.3, 0.4) is 0 Å². The summed E-state index contributed by atoms with van der Waals surface area (Å²) in [6.07, 6.45) is 10.9. The first kappa shape index (κ1) is 26.1. The van der Waals surface area contributed by atoms with Crippen molar-refractivity contribution in [3.05, 3.63) is 70.8 Å². The maximum absolute atomic E-state index is 13.8. The molecule has 0 radical (unpaired) electrons. The molecule has 39 heavy (non-hydrogen) atoms. The van der Waals surface area contributed by atoms with Gasteiger partial charge in [0.15, 0.2) is 11.6 Å². The first-order valence-electron chi connectivity index (χ1n) is 14.5. The molecule has 4 saturated carbocycles. The Kier molecular flexibility index (Phi) is 6.56. The molecule has 4 fully saturated rings. The van der Waals surface area contributed by atoms with E-state index in [2.05, 4.69) is 26.0 Å². The molecular weight excluding hydrogens is 484 g/mol. The maximum Gasteiger partial charge on any atom is 0.165 e. The van der Waals surface area contributed by atoms with Crippen molar-refractivity contribution >= 4 is 23.7 Å². The molecule has 6 atom stereocenters. The van der Waals surface area contributed by atoms with Gasteiger partial charge in [0.2, 0.25) is 0 Å². The first-order chi connectivity index (χ1) is 18.7. The van der Waals surface area contributed by atoms with Crippen LogP contribution >= 0.6 is 0 Å². The summed E-state index contributed by atoms with van der Waals surface area (Å²) < 4.78 is 10.6. The molecule has 0 heterocycles. The lowest BCUT2D eigenvalue weighted by Gasteiger charge is -2.59. The van der Waals surface area contributed by atoms with Crippen LogP contribution in [0.15, 0.2) is 59.7 Å². The fraction of sp³-hybridized carbons (Fsp3) is 0.486. The molecule has 0 saturated heterocycles. The van der Waals surface area contributed by atoms with Crippen molar-refractivity contribution in [2.24, 2.45) is 34.5 Å². The molecule has 0 amide bonds. The van der Waals surface area contributed by atoms with Crippen LogP contribution in [-0.4, -0.2) is 25.8 Å². The van der Waals surface area contributed by atoms with Crippen LogP contribution in [0.5, 0.6) is 11.5 Å². The topological polar surface area (TPSA) is 52.6 Å². The summed E-state index contributed by atoms with van der Waals surface area (Å²) in [5.41, 5.74) is 3.90. The number of benzene rings is 2. The van der Waals surface area contributed by atoms with Gasteiger partial charge in [-0.1, -0.05) is 38.1 Å². The lowest BCUT2D eigenvalue weighted by Crippen LogP contribution is -2.54. The summed E-state index contributed by atoms with van der Waals surface area (Å²) in [5, 5.41) is 0. The van der Waals surface area contributed by atoms with Crippen LogP contribution in [-0.2, 0) is 9.59 Å². The molecule has 4 aliphatic carbocycles. The lowest BCUT2D eigenvalue weighted by molar-refractivity contribution is -0.139. The number of carbonyl (C=O) groups is 2. The number of rotatable bonds is 4. The van der Waals surface area contributed by atoms with E-state index in [-0.39, 0.29) is 10.8 Å². The van der Waals surface area contributed by atoms with Crippen molar-refractivity contribution < 1.29 is 19.1 Å². The summed E-state index contributed by atoms with van der Waals surface area (Å²) in [6.45, 7) is 4.69. The molecule has 2 aromatic carbocycles. The lowest BCUT2D eigenvalue weighted by atomic mass is 9.45. The highest BCUT2D eigenvalue weighted by atomic mass is 16.5. The molecule has 0 spiro atoms. The zero-order valence-corrected chi connectivity index (χ0v) is 23.7. The Bertz CT molecular complexity index is 1330. The predicted molar refractivity (Wildman–Crippen MR) is 154 cm³/mol. The smallest absolute Gasteiger partial charge is 0.165 e. The second-order valence-electron chi connectivity index (χ2n) is 12.8. The van der Waals surface area contributed by atoms with Crippen molar-refractivity contribution in [1.82, 2.24) is 0 Å². The Hall–Kier alpha value is -3.14. The number of fused-ring (bicyclic) bond motifs is 5. The van der Waals surface area contributed by atoms with Crippen LogP contribution in [0, 0.1) is 34.5 Å². The fourth-order valence-corrected chi connectivity index (χ4v) is 8.74. The van der Waals surface area contributed by atoms with Crippen molar-refractivity contribution in [2.45, 2.75) is 58.8 Å². The Labute approximate surface area is 232 Å². The third-order valence-corrected chi connectivity index (χ3v) is 11.0. The Morgan fingerprint density at radius 1 is 0.744 bits per heavy atom. The average molecular weight is 525 g/mol. The van der Waals surface area contributed by atoms with Crippen LogP contribution in [0.25, 0.3) is 12.2 Å². The van der Waals surface area contributed by atoms with Gasteiger partial charge in [0.1, 0.15) is 11.5 Å². The summed E-state index contributed by atoms with van der Waals surface area (Å²) in [4.78, 5) is 27.1. The molecule has 0 aliphatic heterocycles. The zero-order valence-electron chi connectivity index (χ0n) is 23.7. The molecule has 2 aromatic rings. The van der Waals surface area contributed by atoms with Gasteiger partial charge in [-0.05, 0) is 126 Å². The number of hydrogen-bond acceptors (Lipinski definition) is 4. The van der Waals surface area contributed by atoms with E-state index in [0.29, 0.717) is 41.7 Å². The van der Waals surface area contributed by atoms with E-state index in [1.807, 2.05) is 48.5 Å². The molecule has 4 heteroatoms. The number of allylic oxidation sites excluding steroid dienone is 2. The van der Waals surface area contributed by atoms with Gasteiger partial charge in [-0.3, -0.25) is 9.59 Å². The van der Waals surface area contributed by atoms with E-state index in [4.69, 9.17) is 9.47 Å². The summed E-state index contributed by atoms with van der Waals surface area (Å²) >= 11 is 0. The van der Waals surface area contributed by atoms with E-state index >= 15 is 0 Å². The van der Waals surface area contributed by atoms with Gasteiger partial charge >= 0.3 is 0 Å². The minimum atomic E-state index is -0.269. The van der Waals surface area contributed by atoms with E-state index in [0.717, 1.165) is 72.3 Å². The summed E-state index contributed by atoms with van der Waals surface area (Å²) in [6, 6.07) is 16.0. The van der Waals surface area contributed by atoms with Gasteiger partial charge in [-0.15, -0.1) is 0 Å². The second-order valence-corrected chi connectivity index (χ2v) is 12.8. The quantitative estimate of drug-likeness (QED) is 0.387. The van der Waals surface area contributed by atoms with Crippen LogP contribution in [0.2, 0.25) is 0 Å². The van der Waals surface area contributed by atoms with Gasteiger partial charge in [-0.2, -0.15) is 0 Å². The molecule has 4 aliphatic rings. The number of Topliss-reactive ketones (excluding diaryl/α,β-unsaturated/α-hetero) is 2. The van der Waals surface area contributed by atoms with Crippen molar-refractivity contribution in [3.63, 3.8) is 0 Å². The van der Waals surface area contributed by atoms with Crippen LogP contribution < -0.4 is 9.47 Å². The van der Waals surface area contributed by atoms with E-state index in [9.17, 15) is 9.59 Å². The highest BCUT2D eigenvalue weighted by molar-refractivity contribution is 6.06. The minimum absolute atomic E-state index is 0.0992. The fourth-order valence-electron chi connectivity index (χ4n) is 8.74. The Morgan fingerprint density at radius 3 is 1.92 bits per heavy atom. The maximum atomic E-state index is 13.8. The molecule has 0 aromatic heterocycles. The van der Waals surface area contributed by atoms with Crippen molar-refractivity contribution in [3.8, 4) is 11.5 Å². The van der Waals surface area contributed by atoms with Crippen LogP contribution in [0.4, 0.5) is 0 Å². The zero-order chi connectivity index (χ0) is 27.4. The number of ketones is 2. The number of carbonyl (C=O) groups excluding carboxylic acids is 2. The largest absolute Gasteiger partial charge is 0.497 e. The highest BCUT2D eigenvalue weighted by Crippen LogP contribution is 2.66. The molecule has 204 valence electrons. The predicted octanol–water partition coefficient (Wildman–Crippen LogP) is 7.57. The molecule has 4 nitrogen and oxygen atoms in total. The average Bonchev–Trinajstić information content (AvgIpc) is 3.20. The first-order valence-corrected chi connectivity index (χ1v) is 14.5. The second kappa shape index (κ2) is 9.80. The van der Waals surface area contributed by atoms with Crippen molar-refractivity contribution in [1.29, 1.82) is 0 Å². The summed E-state index contributed by atoms with van der Waals surface area (Å²) in [7, 11) is 3.34. The Morgan fingerprint density at radius 2 is 1.33 bits per heavy atom. The SMILES string of the molecule is COc1ccc(/C=C2/C[C@@]3(C)[C@@H](CC[C@H]4[C@H]3CC[C@]3(C)C(=O)/C(=C/c5ccc(OC)cc5)C[C@H]43)CC2=O)cc1. The van der Waals surface area contributed by atoms with E-state index in [1.165, 1.54) is 0 Å². The van der Waals surface area contributed by atoms with E-state index in [1.54, 1.807) is 14.2 Å². The van der Waals surface area contributed by atoms with Gasteiger partial charge < -0.3 is 9.47 Å². The summed E-state index contributed by atoms with van der Waals surface area (Å²) in [5.74, 6) is 4.23. The number of hydrogen-bond donors (Lipinski definition) is 0. The normalized spacial score (nSPS) is 35.9. The third-order valence-electron chi connectivity index (χ3n) is 11.0. The Balaban J connectivity index is 1.27. The van der Waals surface area contributed by atoms with Gasteiger partial charge in [-0.25, -0.2) is 0 Å². The van der Waals surface area contributed by atoms with Crippen LogP contribution in [0.1, 0.15) is 69.9 Å². The third kappa shape index (κ3) is 4.37. The molecule has 6 rings (SSSR count). The monoisotopic (exact) mass is 524 g/mol. The van der Waals surface area contributed by atoms with Gasteiger partial charge in [0.05, 0.1) is 14.2 Å². The number of ether oxygens (including phenoxy) is 2. The highest BCUT2D eigenvalue weighted by Gasteiger charge is 2.61. The molecular formula is C35H40O4. The minimum Gasteiger partial charge on any atom is -0.497 e. The van der Waals surface area contributed by atoms with E-state index < -0.39 is 0 Å². The van der Waals surface area contributed by atoms with Gasteiger partial charge in [0.25, 0.3) is 0 Å². The molecule has 0 bridgehead atoms. The van der Waals surface area contributed by atoms with Crippen molar-refractivity contribution in [2.75, 3.05) is 14.2 Å². The standard InChI is InChI=1S/C35H40O4/c1-34-16-15-30-29(31(34)19-24(33(34)37)17-22-5-10-27(38-3)11-6-22)14-9-26-20-32(36)25(21-35(26,30)2)18-23-7-12-28(39-4)13-8-23/h5-8,10-13,17-18,26,29-31H,9,14-16,19-21H2,1-4H3/b24-17+,25-18-/t26-,29-,30+,31+,34-,35-/m0/s1. The van der Waals surface area contributed by atoms with Gasteiger partial charge in [0, 0.05) is 11.8 Å².